The lowest BCUT2D eigenvalue weighted by Crippen LogP contribution is -2.15. The van der Waals surface area contributed by atoms with Crippen LogP contribution in [0.25, 0.3) is 21.8 Å². The van der Waals surface area contributed by atoms with Gasteiger partial charge in [-0.1, -0.05) is 11.6 Å². The van der Waals surface area contributed by atoms with Crippen LogP contribution >= 0.6 is 11.6 Å². The summed E-state index contributed by atoms with van der Waals surface area (Å²) >= 11 is 6.02. The molecule has 2 amide bonds. The molecule has 0 spiro atoms. The van der Waals surface area contributed by atoms with Crippen LogP contribution in [-0.4, -0.2) is 21.4 Å². The van der Waals surface area contributed by atoms with Crippen molar-refractivity contribution in [2.45, 2.75) is 0 Å². The summed E-state index contributed by atoms with van der Waals surface area (Å²) in [6, 6.07) is 14.3. The third-order valence-corrected chi connectivity index (χ3v) is 4.62. The van der Waals surface area contributed by atoms with Crippen LogP contribution in [-0.2, 0) is 7.05 Å². The third-order valence-electron chi connectivity index (χ3n) is 4.38. The fraction of sp³-hybridized carbons (Fsp3) is 0.0526. The van der Waals surface area contributed by atoms with Gasteiger partial charge in [0.2, 0.25) is 0 Å². The Kier molecular flexibility index (Phi) is 3.70. The zero-order chi connectivity index (χ0) is 18.4. The van der Waals surface area contributed by atoms with Crippen molar-refractivity contribution >= 4 is 50.9 Å². The number of nitrogens with zero attached hydrogens (tertiary/aromatic N) is 1. The number of anilines is 1. The van der Waals surface area contributed by atoms with Gasteiger partial charge in [0.15, 0.2) is 0 Å². The van der Waals surface area contributed by atoms with Crippen molar-refractivity contribution in [1.82, 2.24) is 9.55 Å². The minimum Gasteiger partial charge on any atom is -0.364 e. The first-order valence-corrected chi connectivity index (χ1v) is 8.29. The second-order valence-electron chi connectivity index (χ2n) is 6.10. The molecular formula is C19H15ClN4O2. The molecule has 130 valence electrons. The van der Waals surface area contributed by atoms with Crippen molar-refractivity contribution in [1.29, 1.82) is 0 Å². The third kappa shape index (κ3) is 2.70. The SMILES string of the molecule is Cn1c(C(=O)Nc2ccc3[nH]c(C(N)=O)cc3c2)cc2cc(Cl)ccc21. The Morgan fingerprint density at radius 1 is 1.08 bits per heavy atom. The van der Waals surface area contributed by atoms with E-state index < -0.39 is 5.91 Å². The molecule has 0 bridgehead atoms. The second-order valence-corrected chi connectivity index (χ2v) is 6.53. The highest BCUT2D eigenvalue weighted by atomic mass is 35.5. The van der Waals surface area contributed by atoms with Crippen LogP contribution in [0.5, 0.6) is 0 Å². The Morgan fingerprint density at radius 2 is 1.88 bits per heavy atom. The quantitative estimate of drug-likeness (QED) is 0.516. The first-order valence-electron chi connectivity index (χ1n) is 7.91. The van der Waals surface area contributed by atoms with Gasteiger partial charge < -0.3 is 20.6 Å². The maximum absolute atomic E-state index is 12.7. The van der Waals surface area contributed by atoms with E-state index >= 15 is 0 Å². The fourth-order valence-electron chi connectivity index (χ4n) is 3.08. The van der Waals surface area contributed by atoms with Gasteiger partial charge in [0.05, 0.1) is 0 Å². The van der Waals surface area contributed by atoms with Gasteiger partial charge in [-0.3, -0.25) is 9.59 Å². The number of aromatic nitrogens is 2. The molecule has 0 fully saturated rings. The van der Waals surface area contributed by atoms with Crippen molar-refractivity contribution in [2.75, 3.05) is 5.32 Å². The number of nitrogens with one attached hydrogen (secondary N) is 2. The Balaban J connectivity index is 1.66. The molecule has 7 heteroatoms. The van der Waals surface area contributed by atoms with Crippen LogP contribution < -0.4 is 11.1 Å². The van der Waals surface area contributed by atoms with Gasteiger partial charge in [-0.2, -0.15) is 0 Å². The number of H-pyrrole nitrogens is 1. The number of aryl methyl sites for hydroxylation is 1. The van der Waals surface area contributed by atoms with E-state index in [-0.39, 0.29) is 5.91 Å². The Morgan fingerprint density at radius 3 is 2.65 bits per heavy atom. The number of carbonyl (C=O) groups is 2. The molecule has 0 unspecified atom stereocenters. The largest absolute Gasteiger partial charge is 0.364 e. The topological polar surface area (TPSA) is 92.9 Å². The normalized spacial score (nSPS) is 11.2. The number of amides is 2. The van der Waals surface area contributed by atoms with Crippen molar-refractivity contribution in [3.63, 3.8) is 0 Å². The van der Waals surface area contributed by atoms with Gasteiger partial charge in [-0.05, 0) is 48.5 Å². The van der Waals surface area contributed by atoms with Gasteiger partial charge in [0, 0.05) is 39.6 Å². The van der Waals surface area contributed by atoms with Crippen LogP contribution in [0.15, 0.2) is 48.5 Å². The Bertz CT molecular complexity index is 1190. The van der Waals surface area contributed by atoms with Gasteiger partial charge in [0.1, 0.15) is 11.4 Å². The van der Waals surface area contributed by atoms with Crippen LogP contribution in [0.1, 0.15) is 21.0 Å². The molecule has 2 aromatic heterocycles. The highest BCUT2D eigenvalue weighted by Crippen LogP contribution is 2.24. The van der Waals surface area contributed by atoms with E-state index in [0.717, 1.165) is 21.8 Å². The van der Waals surface area contributed by atoms with E-state index in [1.54, 1.807) is 36.4 Å². The van der Waals surface area contributed by atoms with Crippen LogP contribution in [0.2, 0.25) is 5.02 Å². The van der Waals surface area contributed by atoms with E-state index in [2.05, 4.69) is 10.3 Å². The molecule has 0 aliphatic rings. The number of fused-ring (bicyclic) bond motifs is 2. The molecule has 6 nitrogen and oxygen atoms in total. The first kappa shape index (κ1) is 16.2. The molecule has 0 aliphatic heterocycles. The average molecular weight is 367 g/mol. The summed E-state index contributed by atoms with van der Waals surface area (Å²) in [7, 11) is 1.83. The zero-order valence-electron chi connectivity index (χ0n) is 13.8. The molecule has 4 aromatic rings. The lowest BCUT2D eigenvalue weighted by Gasteiger charge is -2.07. The van der Waals surface area contributed by atoms with E-state index in [0.29, 0.717) is 22.1 Å². The van der Waals surface area contributed by atoms with Crippen LogP contribution in [0.4, 0.5) is 5.69 Å². The van der Waals surface area contributed by atoms with E-state index in [9.17, 15) is 9.59 Å². The first-order chi connectivity index (χ1) is 12.4. The summed E-state index contributed by atoms with van der Waals surface area (Å²) < 4.78 is 1.82. The minimum absolute atomic E-state index is 0.232. The number of aromatic amines is 1. The van der Waals surface area contributed by atoms with E-state index in [1.165, 1.54) is 0 Å². The summed E-state index contributed by atoms with van der Waals surface area (Å²) in [6.07, 6.45) is 0. The summed E-state index contributed by atoms with van der Waals surface area (Å²) in [5.41, 5.74) is 8.46. The molecule has 0 saturated carbocycles. The van der Waals surface area contributed by atoms with Gasteiger partial charge in [-0.15, -0.1) is 0 Å². The van der Waals surface area contributed by atoms with Gasteiger partial charge >= 0.3 is 0 Å². The predicted molar refractivity (Wildman–Crippen MR) is 103 cm³/mol. The fourth-order valence-corrected chi connectivity index (χ4v) is 3.26. The monoisotopic (exact) mass is 366 g/mol. The number of primary amides is 1. The number of hydrogen-bond donors (Lipinski definition) is 3. The van der Waals surface area contributed by atoms with Crippen molar-refractivity contribution in [2.24, 2.45) is 12.8 Å². The molecule has 0 saturated heterocycles. The predicted octanol–water partition coefficient (Wildman–Crippen LogP) is 3.66. The van der Waals surface area contributed by atoms with Crippen molar-refractivity contribution in [3.8, 4) is 0 Å². The molecule has 4 rings (SSSR count). The molecule has 26 heavy (non-hydrogen) atoms. The standard InChI is InChI=1S/C19H15ClN4O2/c1-24-16-5-2-12(20)6-11(16)9-17(24)19(26)22-13-3-4-14-10(7-13)8-15(23-14)18(21)25/h2-9,23H,1H3,(H2,21,25)(H,22,26). The molecule has 0 aliphatic carbocycles. The Hall–Kier alpha value is -3.25. The van der Waals surface area contributed by atoms with Crippen molar-refractivity contribution < 1.29 is 9.59 Å². The van der Waals surface area contributed by atoms with Gasteiger partial charge in [-0.25, -0.2) is 0 Å². The summed E-state index contributed by atoms with van der Waals surface area (Å²) in [5.74, 6) is -0.759. The highest BCUT2D eigenvalue weighted by molar-refractivity contribution is 6.31. The molecular weight excluding hydrogens is 352 g/mol. The summed E-state index contributed by atoms with van der Waals surface area (Å²) in [6.45, 7) is 0. The number of nitrogens with two attached hydrogens (primary N) is 1. The number of carbonyl (C=O) groups excluding carboxylic acids is 2. The summed E-state index contributed by atoms with van der Waals surface area (Å²) in [5, 5.41) is 5.20. The highest BCUT2D eigenvalue weighted by Gasteiger charge is 2.14. The maximum Gasteiger partial charge on any atom is 0.272 e. The van der Waals surface area contributed by atoms with Crippen molar-refractivity contribution in [3.05, 3.63) is 64.9 Å². The van der Waals surface area contributed by atoms with Crippen LogP contribution in [0.3, 0.4) is 0 Å². The average Bonchev–Trinajstić information content (AvgIpc) is 3.16. The number of halogens is 1. The van der Waals surface area contributed by atoms with E-state index in [4.69, 9.17) is 17.3 Å². The molecule has 2 aromatic carbocycles. The minimum atomic E-state index is -0.527. The number of benzene rings is 2. The summed E-state index contributed by atoms with van der Waals surface area (Å²) in [4.78, 5) is 26.9. The van der Waals surface area contributed by atoms with Gasteiger partial charge in [0.25, 0.3) is 11.8 Å². The lowest BCUT2D eigenvalue weighted by atomic mass is 10.2. The Labute approximate surface area is 153 Å². The second kappa shape index (κ2) is 5.93. The zero-order valence-corrected chi connectivity index (χ0v) is 14.6. The molecule has 4 N–H and O–H groups in total. The molecule has 0 atom stereocenters. The lowest BCUT2D eigenvalue weighted by molar-refractivity contribution is 0.0993. The number of rotatable bonds is 3. The maximum atomic E-state index is 12.7. The van der Waals surface area contributed by atoms with Crippen LogP contribution in [0, 0.1) is 0 Å². The van der Waals surface area contributed by atoms with E-state index in [1.807, 2.05) is 23.7 Å². The number of hydrogen-bond acceptors (Lipinski definition) is 2. The molecule has 0 radical (unpaired) electrons. The smallest absolute Gasteiger partial charge is 0.272 e. The molecule has 2 heterocycles.